The lowest BCUT2D eigenvalue weighted by atomic mass is 9.91. The first-order valence-electron chi connectivity index (χ1n) is 21.3. The SMILES string of the molecule is COC(=O)C(C)(C)CN1C(=O)CCC(N2C(=O)c3cccc(N4CCC(N5CCC(N6CCN7c8cc(-c9ccccc9O)nnc8NC[C@H]7C6)CC5)CC4)c3C2=O)C1=O. The van der Waals surface area contributed by atoms with Crippen LogP contribution in [-0.2, 0) is 19.1 Å². The standard InChI is InChI=1S/C44H53N9O7/c1-44(2,43(59)60-3)26-52-37(55)12-11-34(41(52)57)53-40(56)31-8-6-9-33(38(31)42(53)58)49-19-15-27(16-20-49)48-17-13-28(14-18-48)50-21-22-51-29(25-50)24-45-39-35(51)23-32(46-47-39)30-7-4-5-10-36(30)54/h4-10,23,27-29,34,54H,11-22,24-26H2,1-3H3,(H,45,47)/t29-,34?/m0/s1. The first kappa shape index (κ1) is 39.8. The molecule has 4 amide bonds. The second-order valence-electron chi connectivity index (χ2n) is 17.6. The number of fused-ring (bicyclic) bond motifs is 4. The Hall–Kier alpha value is -5.61. The van der Waals surface area contributed by atoms with Crippen LogP contribution >= 0.6 is 0 Å². The van der Waals surface area contributed by atoms with Crippen LogP contribution < -0.4 is 15.1 Å². The third-order valence-corrected chi connectivity index (χ3v) is 13.6. The number of rotatable bonds is 8. The fourth-order valence-corrected chi connectivity index (χ4v) is 10.3. The number of piperidine rings is 3. The highest BCUT2D eigenvalue weighted by atomic mass is 16.5. The number of piperazine rings is 1. The van der Waals surface area contributed by atoms with Crippen molar-refractivity contribution in [2.45, 2.75) is 76.5 Å². The van der Waals surface area contributed by atoms with Gasteiger partial charge in [0.15, 0.2) is 5.82 Å². The minimum absolute atomic E-state index is 0.0259. The summed E-state index contributed by atoms with van der Waals surface area (Å²) in [6, 6.07) is 14.7. The zero-order valence-electron chi connectivity index (χ0n) is 34.5. The predicted octanol–water partition coefficient (Wildman–Crippen LogP) is 3.21. The number of anilines is 3. The van der Waals surface area contributed by atoms with Gasteiger partial charge < -0.3 is 29.9 Å². The zero-order chi connectivity index (χ0) is 41.9. The molecule has 6 aliphatic heterocycles. The number of para-hydroxylation sites is 1. The average molecular weight is 820 g/mol. The summed E-state index contributed by atoms with van der Waals surface area (Å²) in [4.78, 5) is 79.0. The maximum atomic E-state index is 14.1. The quantitative estimate of drug-likeness (QED) is 0.251. The first-order valence-corrected chi connectivity index (χ1v) is 21.3. The number of carbonyl (C=O) groups is 5. The molecule has 0 aliphatic carbocycles. The average Bonchev–Trinajstić information content (AvgIpc) is 3.53. The molecule has 6 aliphatic rings. The van der Waals surface area contributed by atoms with Gasteiger partial charge in [0.1, 0.15) is 11.8 Å². The number of hydrogen-bond acceptors (Lipinski definition) is 14. The molecule has 2 aromatic carbocycles. The number of methoxy groups -OCH3 is 1. The molecule has 0 saturated carbocycles. The molecular weight excluding hydrogens is 767 g/mol. The summed E-state index contributed by atoms with van der Waals surface area (Å²) >= 11 is 0. The van der Waals surface area contributed by atoms with Crippen LogP contribution in [0.3, 0.4) is 0 Å². The summed E-state index contributed by atoms with van der Waals surface area (Å²) in [5.41, 5.74) is 2.51. The Morgan fingerprint density at radius 3 is 2.28 bits per heavy atom. The van der Waals surface area contributed by atoms with Crippen molar-refractivity contribution in [3.8, 4) is 17.0 Å². The molecule has 0 spiro atoms. The molecule has 7 heterocycles. The number of aromatic hydroxyl groups is 1. The number of ether oxygens (including phenoxy) is 1. The molecule has 4 fully saturated rings. The van der Waals surface area contributed by atoms with Gasteiger partial charge in [-0.1, -0.05) is 18.2 Å². The van der Waals surface area contributed by atoms with Crippen molar-refractivity contribution in [3.63, 3.8) is 0 Å². The van der Waals surface area contributed by atoms with E-state index in [2.05, 4.69) is 35.1 Å². The molecule has 2 N–H and O–H groups in total. The van der Waals surface area contributed by atoms with Gasteiger partial charge in [0.25, 0.3) is 17.7 Å². The van der Waals surface area contributed by atoms with Gasteiger partial charge in [-0.3, -0.25) is 38.7 Å². The number of phenolic OH excluding ortho intramolecular Hbond substituents is 1. The van der Waals surface area contributed by atoms with E-state index in [1.165, 1.54) is 7.11 Å². The van der Waals surface area contributed by atoms with Crippen molar-refractivity contribution < 1.29 is 33.8 Å². The smallest absolute Gasteiger partial charge is 0.313 e. The van der Waals surface area contributed by atoms with Crippen LogP contribution in [0.2, 0.25) is 0 Å². The van der Waals surface area contributed by atoms with Crippen LogP contribution in [0.5, 0.6) is 5.75 Å². The van der Waals surface area contributed by atoms with Gasteiger partial charge in [-0.15, -0.1) is 10.2 Å². The topological polar surface area (TPSA) is 172 Å². The largest absolute Gasteiger partial charge is 0.507 e. The second kappa shape index (κ2) is 15.8. The Bertz CT molecular complexity index is 2220. The number of imide groups is 2. The van der Waals surface area contributed by atoms with Crippen molar-refractivity contribution in [3.05, 3.63) is 59.7 Å². The van der Waals surface area contributed by atoms with Gasteiger partial charge in [0.05, 0.1) is 46.8 Å². The monoisotopic (exact) mass is 819 g/mol. The molecule has 16 nitrogen and oxygen atoms in total. The summed E-state index contributed by atoms with van der Waals surface area (Å²) in [7, 11) is 1.25. The minimum Gasteiger partial charge on any atom is -0.507 e. The highest BCUT2D eigenvalue weighted by Crippen LogP contribution is 2.39. The fraction of sp³-hybridized carbons (Fsp3) is 0.523. The number of esters is 1. The molecular formula is C44H53N9O7. The Morgan fingerprint density at radius 1 is 0.817 bits per heavy atom. The minimum atomic E-state index is -1.16. The number of carbonyl (C=O) groups excluding carboxylic acids is 5. The van der Waals surface area contributed by atoms with Crippen molar-refractivity contribution in [1.29, 1.82) is 0 Å². The third-order valence-electron chi connectivity index (χ3n) is 13.6. The van der Waals surface area contributed by atoms with Gasteiger partial charge in [-0.05, 0) is 89.4 Å². The number of benzene rings is 2. The van der Waals surface area contributed by atoms with Crippen molar-refractivity contribution in [1.82, 2.24) is 29.8 Å². The van der Waals surface area contributed by atoms with Crippen molar-refractivity contribution in [2.24, 2.45) is 5.41 Å². The normalized spacial score (nSPS) is 23.4. The Balaban J connectivity index is 0.795. The number of nitrogens with zero attached hydrogens (tertiary/aromatic N) is 8. The fourth-order valence-electron chi connectivity index (χ4n) is 10.3. The summed E-state index contributed by atoms with van der Waals surface area (Å²) in [6.07, 6.45) is 4.11. The Labute approximate surface area is 349 Å². The molecule has 316 valence electrons. The van der Waals surface area contributed by atoms with Crippen molar-refractivity contribution >= 4 is 46.8 Å². The number of nitrogens with one attached hydrogen (secondary N) is 1. The van der Waals surface area contributed by atoms with Crippen LogP contribution in [0.1, 0.15) is 73.1 Å². The molecule has 2 atom stereocenters. The lowest BCUT2D eigenvalue weighted by Gasteiger charge is -2.50. The molecule has 1 aromatic heterocycles. The number of aromatic nitrogens is 2. The van der Waals surface area contributed by atoms with E-state index in [1.54, 1.807) is 38.1 Å². The van der Waals surface area contributed by atoms with E-state index in [1.807, 2.05) is 24.3 Å². The number of hydrogen-bond donors (Lipinski definition) is 2. The highest BCUT2D eigenvalue weighted by Gasteiger charge is 2.50. The summed E-state index contributed by atoms with van der Waals surface area (Å²) in [6.45, 7) is 10.2. The van der Waals surface area contributed by atoms with Gasteiger partial charge in [-0.2, -0.15) is 0 Å². The summed E-state index contributed by atoms with van der Waals surface area (Å²) in [5, 5.41) is 22.8. The zero-order valence-corrected chi connectivity index (χ0v) is 34.5. The van der Waals surface area contributed by atoms with Crippen LogP contribution in [0.4, 0.5) is 17.2 Å². The highest BCUT2D eigenvalue weighted by molar-refractivity contribution is 6.25. The molecule has 0 radical (unpaired) electrons. The van der Waals surface area contributed by atoms with E-state index in [-0.39, 0.29) is 30.7 Å². The lowest BCUT2D eigenvalue weighted by Crippen LogP contribution is -2.61. The van der Waals surface area contributed by atoms with Crippen LogP contribution in [0, 0.1) is 5.41 Å². The predicted molar refractivity (Wildman–Crippen MR) is 223 cm³/mol. The molecule has 4 saturated heterocycles. The number of phenols is 1. The summed E-state index contributed by atoms with van der Waals surface area (Å²) < 4.78 is 4.88. The van der Waals surface area contributed by atoms with E-state index in [9.17, 15) is 29.1 Å². The Kier molecular flexibility index (Phi) is 10.5. The number of amides is 4. The maximum absolute atomic E-state index is 14.1. The molecule has 0 bridgehead atoms. The molecule has 16 heteroatoms. The lowest BCUT2D eigenvalue weighted by molar-refractivity contribution is -0.159. The van der Waals surface area contributed by atoms with Gasteiger partial charge in [0.2, 0.25) is 5.91 Å². The van der Waals surface area contributed by atoms with E-state index in [4.69, 9.17) is 4.74 Å². The van der Waals surface area contributed by atoms with E-state index >= 15 is 0 Å². The van der Waals surface area contributed by atoms with E-state index < -0.39 is 41.1 Å². The molecule has 3 aromatic rings. The molecule has 9 rings (SSSR count). The van der Waals surface area contributed by atoms with Crippen molar-refractivity contribution in [2.75, 3.05) is 81.1 Å². The van der Waals surface area contributed by atoms with Crippen LogP contribution in [0.25, 0.3) is 11.3 Å². The second-order valence-corrected chi connectivity index (χ2v) is 17.6. The summed E-state index contributed by atoms with van der Waals surface area (Å²) in [5.74, 6) is -1.74. The maximum Gasteiger partial charge on any atom is 0.313 e. The van der Waals surface area contributed by atoms with E-state index in [0.717, 1.165) is 99.3 Å². The molecule has 1 unspecified atom stereocenters. The van der Waals surface area contributed by atoms with Crippen LogP contribution in [-0.4, -0.2) is 155 Å². The first-order chi connectivity index (χ1) is 28.9. The third kappa shape index (κ3) is 7.02. The number of likely N-dealkylation sites (tertiary alicyclic amines) is 2. The van der Waals surface area contributed by atoms with Crippen LogP contribution in [0.15, 0.2) is 48.5 Å². The van der Waals surface area contributed by atoms with E-state index in [0.29, 0.717) is 40.6 Å². The van der Waals surface area contributed by atoms with Gasteiger partial charge >= 0.3 is 5.97 Å². The van der Waals surface area contributed by atoms with Gasteiger partial charge in [-0.25, -0.2) is 0 Å². The Morgan fingerprint density at radius 2 is 1.53 bits per heavy atom. The van der Waals surface area contributed by atoms with Gasteiger partial charge in [0, 0.05) is 69.9 Å². The molecule has 60 heavy (non-hydrogen) atoms.